The third kappa shape index (κ3) is 3.17. The number of nitrogen functional groups attached to an aromatic ring is 2. The number of methoxy groups -OCH3 is 1. The van der Waals surface area contributed by atoms with Gasteiger partial charge in [-0.25, -0.2) is 9.78 Å². The highest BCUT2D eigenvalue weighted by atomic mass is 16.5. The first-order valence-electron chi connectivity index (χ1n) is 7.25. The maximum Gasteiger partial charge on any atom is 0.330 e. The Morgan fingerprint density at radius 1 is 1.17 bits per heavy atom. The highest BCUT2D eigenvalue weighted by Crippen LogP contribution is 2.25. The van der Waals surface area contributed by atoms with Crippen LogP contribution in [0.15, 0.2) is 48.7 Å². The predicted octanol–water partition coefficient (Wildman–Crippen LogP) is 2.65. The minimum Gasteiger partial charge on any atom is -0.466 e. The lowest BCUT2D eigenvalue weighted by Gasteiger charge is -2.06. The van der Waals surface area contributed by atoms with E-state index in [2.05, 4.69) is 14.7 Å². The van der Waals surface area contributed by atoms with Gasteiger partial charge < -0.3 is 16.2 Å². The first-order valence-corrected chi connectivity index (χ1v) is 7.25. The normalized spacial score (nSPS) is 11.0. The number of fused-ring (bicyclic) bond motifs is 1. The molecule has 120 valence electrons. The molecule has 3 aromatic rings. The van der Waals surface area contributed by atoms with Gasteiger partial charge in [0, 0.05) is 28.3 Å². The zero-order valence-electron chi connectivity index (χ0n) is 13.1. The SMILES string of the molecule is COC(=O)/C=C/c1cc2cc(-c3ccc(N)cc3)ncc2nc1N. The van der Waals surface area contributed by atoms with E-state index in [9.17, 15) is 4.79 Å². The van der Waals surface area contributed by atoms with Crippen LogP contribution in [0.5, 0.6) is 0 Å². The second kappa shape index (κ2) is 6.37. The lowest BCUT2D eigenvalue weighted by Crippen LogP contribution is -1.97. The fourth-order valence-electron chi connectivity index (χ4n) is 2.28. The van der Waals surface area contributed by atoms with Gasteiger partial charge in [-0.15, -0.1) is 0 Å². The number of benzene rings is 1. The molecule has 0 aliphatic carbocycles. The van der Waals surface area contributed by atoms with Crippen molar-refractivity contribution in [3.05, 3.63) is 54.2 Å². The second-order valence-electron chi connectivity index (χ2n) is 5.20. The summed E-state index contributed by atoms with van der Waals surface area (Å²) < 4.78 is 4.58. The van der Waals surface area contributed by atoms with Crippen LogP contribution in [0.3, 0.4) is 0 Å². The Bertz CT molecular complexity index is 934. The zero-order valence-corrected chi connectivity index (χ0v) is 13.1. The molecule has 0 aliphatic heterocycles. The number of esters is 1. The van der Waals surface area contributed by atoms with Crippen LogP contribution in [-0.2, 0) is 9.53 Å². The summed E-state index contributed by atoms with van der Waals surface area (Å²) >= 11 is 0. The highest BCUT2D eigenvalue weighted by Gasteiger charge is 2.06. The molecule has 1 aromatic carbocycles. The lowest BCUT2D eigenvalue weighted by atomic mass is 10.1. The number of nitrogens with zero attached hydrogens (tertiary/aromatic N) is 2. The average Bonchev–Trinajstić information content (AvgIpc) is 2.60. The number of carbonyl (C=O) groups is 1. The molecule has 6 heteroatoms. The fourth-order valence-corrected chi connectivity index (χ4v) is 2.28. The number of hydrogen-bond donors (Lipinski definition) is 2. The van der Waals surface area contributed by atoms with Gasteiger partial charge in [0.1, 0.15) is 5.82 Å². The van der Waals surface area contributed by atoms with Crippen LogP contribution in [0.4, 0.5) is 11.5 Å². The first-order chi connectivity index (χ1) is 11.6. The third-order valence-electron chi connectivity index (χ3n) is 3.57. The van der Waals surface area contributed by atoms with Crippen molar-refractivity contribution >= 4 is 34.5 Å². The van der Waals surface area contributed by atoms with Crippen LogP contribution in [0, 0.1) is 0 Å². The van der Waals surface area contributed by atoms with Crippen molar-refractivity contribution in [3.8, 4) is 11.3 Å². The summed E-state index contributed by atoms with van der Waals surface area (Å²) in [6.07, 6.45) is 4.56. The summed E-state index contributed by atoms with van der Waals surface area (Å²) in [5.41, 5.74) is 15.4. The van der Waals surface area contributed by atoms with Crippen molar-refractivity contribution < 1.29 is 9.53 Å². The van der Waals surface area contributed by atoms with Gasteiger partial charge in [-0.1, -0.05) is 12.1 Å². The molecule has 0 atom stereocenters. The molecule has 24 heavy (non-hydrogen) atoms. The van der Waals surface area contributed by atoms with Gasteiger partial charge in [0.05, 0.1) is 24.5 Å². The summed E-state index contributed by atoms with van der Waals surface area (Å²) in [6, 6.07) is 11.3. The fraction of sp³-hybridized carbons (Fsp3) is 0.0556. The van der Waals surface area contributed by atoms with Crippen molar-refractivity contribution in [3.63, 3.8) is 0 Å². The first kappa shape index (κ1) is 15.5. The largest absolute Gasteiger partial charge is 0.466 e. The number of carbonyl (C=O) groups excluding carboxylic acids is 1. The molecule has 0 saturated heterocycles. The number of nitrogens with two attached hydrogens (primary N) is 2. The topological polar surface area (TPSA) is 104 Å². The highest BCUT2D eigenvalue weighted by molar-refractivity contribution is 5.91. The van der Waals surface area contributed by atoms with Crippen LogP contribution in [0.1, 0.15) is 5.56 Å². The van der Waals surface area contributed by atoms with Gasteiger partial charge in [0.15, 0.2) is 0 Å². The summed E-state index contributed by atoms with van der Waals surface area (Å²) in [5, 5.41) is 0.871. The Kier molecular flexibility index (Phi) is 4.11. The molecule has 0 unspecified atom stereocenters. The van der Waals surface area contributed by atoms with Crippen molar-refractivity contribution in [2.24, 2.45) is 0 Å². The average molecular weight is 320 g/mol. The van der Waals surface area contributed by atoms with Crippen molar-refractivity contribution in [2.75, 3.05) is 18.6 Å². The Balaban J connectivity index is 2.04. The van der Waals surface area contributed by atoms with E-state index in [-0.39, 0.29) is 0 Å². The summed E-state index contributed by atoms with van der Waals surface area (Å²) in [5.74, 6) is -0.128. The van der Waals surface area contributed by atoms with E-state index in [0.29, 0.717) is 22.6 Å². The van der Waals surface area contributed by atoms with E-state index in [1.54, 1.807) is 12.3 Å². The number of aromatic nitrogens is 2. The molecule has 3 rings (SSSR count). The van der Waals surface area contributed by atoms with Crippen molar-refractivity contribution in [1.82, 2.24) is 9.97 Å². The predicted molar refractivity (Wildman–Crippen MR) is 94.8 cm³/mol. The summed E-state index contributed by atoms with van der Waals surface area (Å²) in [7, 11) is 1.32. The van der Waals surface area contributed by atoms with E-state index in [1.165, 1.54) is 13.2 Å². The number of anilines is 2. The second-order valence-corrected chi connectivity index (χ2v) is 5.20. The van der Waals surface area contributed by atoms with Crippen LogP contribution in [-0.4, -0.2) is 23.0 Å². The van der Waals surface area contributed by atoms with Crippen molar-refractivity contribution in [1.29, 1.82) is 0 Å². The quantitative estimate of drug-likeness (QED) is 0.437. The van der Waals surface area contributed by atoms with Gasteiger partial charge in [0.25, 0.3) is 0 Å². The Hall–Kier alpha value is -3.41. The molecular formula is C18H16N4O2. The number of hydrogen-bond acceptors (Lipinski definition) is 6. The Morgan fingerprint density at radius 2 is 1.92 bits per heavy atom. The van der Waals surface area contributed by atoms with Gasteiger partial charge in [0.2, 0.25) is 0 Å². The lowest BCUT2D eigenvalue weighted by molar-refractivity contribution is -0.134. The smallest absolute Gasteiger partial charge is 0.330 e. The number of ether oxygens (including phenoxy) is 1. The Labute approximate surface area is 138 Å². The molecular weight excluding hydrogens is 304 g/mol. The third-order valence-corrected chi connectivity index (χ3v) is 3.57. The molecule has 0 radical (unpaired) electrons. The molecule has 0 fully saturated rings. The van der Waals surface area contributed by atoms with E-state index < -0.39 is 5.97 Å². The van der Waals surface area contributed by atoms with E-state index in [4.69, 9.17) is 11.5 Å². The molecule has 4 N–H and O–H groups in total. The van der Waals surface area contributed by atoms with E-state index >= 15 is 0 Å². The van der Waals surface area contributed by atoms with Gasteiger partial charge in [-0.2, -0.15) is 0 Å². The van der Waals surface area contributed by atoms with Crippen molar-refractivity contribution in [2.45, 2.75) is 0 Å². The van der Waals surface area contributed by atoms with Gasteiger partial charge >= 0.3 is 5.97 Å². The summed E-state index contributed by atoms with van der Waals surface area (Å²) in [4.78, 5) is 20.0. The zero-order chi connectivity index (χ0) is 17.1. The molecule has 0 amide bonds. The van der Waals surface area contributed by atoms with Gasteiger partial charge in [-0.05, 0) is 30.3 Å². The molecule has 6 nitrogen and oxygen atoms in total. The monoisotopic (exact) mass is 320 g/mol. The Morgan fingerprint density at radius 3 is 2.62 bits per heavy atom. The van der Waals surface area contributed by atoms with Crippen LogP contribution >= 0.6 is 0 Å². The van der Waals surface area contributed by atoms with Crippen LogP contribution < -0.4 is 11.5 Å². The number of rotatable bonds is 3. The minimum atomic E-state index is -0.452. The maximum atomic E-state index is 11.2. The molecule has 0 aliphatic rings. The molecule has 0 saturated carbocycles. The molecule has 2 heterocycles. The van der Waals surface area contributed by atoms with Crippen LogP contribution in [0.2, 0.25) is 0 Å². The van der Waals surface area contributed by atoms with E-state index in [0.717, 1.165) is 16.6 Å². The molecule has 0 bridgehead atoms. The standard InChI is InChI=1S/C18H16N4O2/c1-24-17(23)7-4-12-8-13-9-15(11-2-5-14(19)6-3-11)21-10-16(13)22-18(12)20/h2-10H,19H2,1H3,(H2,20,22)/b7-4+. The van der Waals surface area contributed by atoms with Gasteiger partial charge in [-0.3, -0.25) is 4.98 Å². The molecule has 2 aromatic heterocycles. The van der Waals surface area contributed by atoms with E-state index in [1.807, 2.05) is 36.4 Å². The minimum absolute atomic E-state index is 0.324. The summed E-state index contributed by atoms with van der Waals surface area (Å²) in [6.45, 7) is 0. The maximum absolute atomic E-state index is 11.2. The van der Waals surface area contributed by atoms with Crippen LogP contribution in [0.25, 0.3) is 28.2 Å². The molecule has 0 spiro atoms. The number of pyridine rings is 2.